The molecule has 3 rings (SSSR count). The van der Waals surface area contributed by atoms with E-state index in [0.29, 0.717) is 28.8 Å². The van der Waals surface area contributed by atoms with E-state index >= 15 is 0 Å². The van der Waals surface area contributed by atoms with Crippen LogP contribution in [0.2, 0.25) is 5.02 Å². The summed E-state index contributed by atoms with van der Waals surface area (Å²) in [5.41, 5.74) is 0.521. The molecule has 2 heterocycles. The van der Waals surface area contributed by atoms with E-state index in [2.05, 4.69) is 0 Å². The van der Waals surface area contributed by atoms with Crippen molar-refractivity contribution in [2.24, 2.45) is 0 Å². The third-order valence-electron chi connectivity index (χ3n) is 3.85. The number of hydrogen-bond acceptors (Lipinski definition) is 7. The van der Waals surface area contributed by atoms with Gasteiger partial charge in [-0.05, 0) is 43.0 Å². The Labute approximate surface area is 174 Å². The summed E-state index contributed by atoms with van der Waals surface area (Å²) in [6, 6.07) is 7.59. The van der Waals surface area contributed by atoms with E-state index in [1.165, 1.54) is 18.2 Å². The Balaban J connectivity index is 1.79. The minimum Gasteiger partial charge on any atom is -0.478 e. The first-order valence-corrected chi connectivity index (χ1v) is 9.53. The van der Waals surface area contributed by atoms with Gasteiger partial charge in [-0.25, -0.2) is 4.79 Å². The molecule has 8 nitrogen and oxygen atoms in total. The van der Waals surface area contributed by atoms with E-state index < -0.39 is 29.6 Å². The maximum absolute atomic E-state index is 12.4. The van der Waals surface area contributed by atoms with Crippen LogP contribution in [0.5, 0.6) is 0 Å². The fraction of sp³-hybridized carbons (Fsp3) is 0.158. The number of hydrogen-bond donors (Lipinski definition) is 1. The average molecular weight is 436 g/mol. The molecule has 1 N–H and O–H groups in total. The Hall–Kier alpha value is -3.04. The maximum atomic E-state index is 12.4. The van der Waals surface area contributed by atoms with Gasteiger partial charge in [0.25, 0.3) is 11.1 Å². The van der Waals surface area contributed by atoms with Crippen LogP contribution in [0.1, 0.15) is 23.0 Å². The molecule has 0 aliphatic carbocycles. The van der Waals surface area contributed by atoms with Crippen molar-refractivity contribution in [3.8, 4) is 11.3 Å². The highest BCUT2D eigenvalue weighted by Crippen LogP contribution is 2.33. The Morgan fingerprint density at radius 1 is 1.28 bits per heavy atom. The molecule has 1 aromatic heterocycles. The number of imide groups is 1. The predicted molar refractivity (Wildman–Crippen MR) is 105 cm³/mol. The number of nitrogens with zero attached hydrogens (tertiary/aromatic N) is 1. The summed E-state index contributed by atoms with van der Waals surface area (Å²) in [4.78, 5) is 47.9. The summed E-state index contributed by atoms with van der Waals surface area (Å²) in [5.74, 6) is -1.71. The summed E-state index contributed by atoms with van der Waals surface area (Å²) in [6.45, 7) is 1.33. The summed E-state index contributed by atoms with van der Waals surface area (Å²) in [7, 11) is 0. The van der Waals surface area contributed by atoms with Crippen molar-refractivity contribution < 1.29 is 33.4 Å². The van der Waals surface area contributed by atoms with Crippen LogP contribution < -0.4 is 0 Å². The van der Waals surface area contributed by atoms with E-state index in [1.807, 2.05) is 0 Å². The molecule has 29 heavy (non-hydrogen) atoms. The second-order valence-corrected chi connectivity index (χ2v) is 7.18. The third kappa shape index (κ3) is 4.52. The zero-order valence-electron chi connectivity index (χ0n) is 15.0. The Bertz CT molecular complexity index is 1040. The minimum absolute atomic E-state index is 0.0301. The van der Waals surface area contributed by atoms with Crippen LogP contribution in [0.15, 0.2) is 39.7 Å². The molecule has 0 unspecified atom stereocenters. The Morgan fingerprint density at radius 3 is 2.69 bits per heavy atom. The molecule has 10 heteroatoms. The van der Waals surface area contributed by atoms with Crippen LogP contribution in [0.4, 0.5) is 4.79 Å². The van der Waals surface area contributed by atoms with Gasteiger partial charge in [-0.15, -0.1) is 0 Å². The fourth-order valence-corrected chi connectivity index (χ4v) is 3.61. The molecule has 0 atom stereocenters. The number of thioether (sulfide) groups is 1. The molecule has 0 radical (unpaired) electrons. The van der Waals surface area contributed by atoms with E-state index in [4.69, 9.17) is 25.9 Å². The first kappa shape index (κ1) is 20.7. The van der Waals surface area contributed by atoms with Gasteiger partial charge in [0, 0.05) is 11.6 Å². The van der Waals surface area contributed by atoms with Crippen molar-refractivity contribution >= 4 is 52.5 Å². The normalized spacial score (nSPS) is 15.2. The van der Waals surface area contributed by atoms with Gasteiger partial charge in [-0.1, -0.05) is 17.7 Å². The average Bonchev–Trinajstić information content (AvgIpc) is 3.22. The van der Waals surface area contributed by atoms with Crippen LogP contribution in [0.3, 0.4) is 0 Å². The first-order chi connectivity index (χ1) is 13.8. The zero-order valence-corrected chi connectivity index (χ0v) is 16.6. The third-order valence-corrected chi connectivity index (χ3v) is 5.07. The summed E-state index contributed by atoms with van der Waals surface area (Å²) in [5, 5.41) is 8.52. The molecule has 1 aliphatic rings. The molecular weight excluding hydrogens is 422 g/mol. The molecule has 1 fully saturated rings. The predicted octanol–water partition coefficient (Wildman–Crippen LogP) is 3.90. The van der Waals surface area contributed by atoms with Crippen molar-refractivity contribution in [2.45, 2.75) is 6.92 Å². The van der Waals surface area contributed by atoms with Gasteiger partial charge in [-0.2, -0.15) is 0 Å². The van der Waals surface area contributed by atoms with Crippen LogP contribution >= 0.6 is 23.4 Å². The van der Waals surface area contributed by atoms with Gasteiger partial charge in [0.05, 0.1) is 22.1 Å². The summed E-state index contributed by atoms with van der Waals surface area (Å²) >= 11 is 6.66. The number of benzene rings is 1. The van der Waals surface area contributed by atoms with Crippen molar-refractivity contribution in [1.82, 2.24) is 4.90 Å². The highest BCUT2D eigenvalue weighted by molar-refractivity contribution is 8.18. The number of rotatable bonds is 6. The molecule has 0 saturated carbocycles. The smallest absolute Gasteiger partial charge is 0.337 e. The second kappa shape index (κ2) is 8.54. The number of amides is 2. The van der Waals surface area contributed by atoms with Crippen molar-refractivity contribution in [1.29, 1.82) is 0 Å². The lowest BCUT2D eigenvalue weighted by atomic mass is 10.1. The number of furan rings is 1. The van der Waals surface area contributed by atoms with Gasteiger partial charge in [0.2, 0.25) is 0 Å². The van der Waals surface area contributed by atoms with Crippen molar-refractivity contribution in [3.05, 3.63) is 51.6 Å². The number of esters is 1. The molecule has 150 valence electrons. The highest BCUT2D eigenvalue weighted by Gasteiger charge is 2.36. The van der Waals surface area contributed by atoms with Crippen molar-refractivity contribution in [3.63, 3.8) is 0 Å². The quantitative estimate of drug-likeness (QED) is 0.536. The lowest BCUT2D eigenvalue weighted by Crippen LogP contribution is -2.34. The number of carbonyl (C=O) groups is 4. The van der Waals surface area contributed by atoms with Gasteiger partial charge in [0.15, 0.2) is 0 Å². The van der Waals surface area contributed by atoms with Crippen LogP contribution in [0.25, 0.3) is 17.4 Å². The molecule has 1 aromatic carbocycles. The molecule has 0 spiro atoms. The Morgan fingerprint density at radius 2 is 2.03 bits per heavy atom. The number of halogens is 1. The molecule has 0 bridgehead atoms. The van der Waals surface area contributed by atoms with Gasteiger partial charge >= 0.3 is 11.9 Å². The SMILES string of the molecule is CCOC(=O)CN1C(=O)SC(=Cc2ccc(-c3ccc(C(=O)O)c(Cl)c3)o2)C1=O. The van der Waals surface area contributed by atoms with E-state index in [0.717, 1.165) is 4.90 Å². The van der Waals surface area contributed by atoms with Crippen LogP contribution in [0, 0.1) is 0 Å². The van der Waals surface area contributed by atoms with Crippen LogP contribution in [-0.2, 0) is 14.3 Å². The standard InChI is InChI=1S/C19H14ClNO7S/c1-2-27-16(22)9-21-17(23)15(29-19(21)26)8-11-4-6-14(28-11)10-3-5-12(18(24)25)13(20)7-10/h3-8H,2,9H2,1H3,(H,24,25). The zero-order chi connectivity index (χ0) is 21.1. The summed E-state index contributed by atoms with van der Waals surface area (Å²) in [6.07, 6.45) is 1.40. The molecule has 1 aliphatic heterocycles. The number of carboxylic acids is 1. The number of aromatic carboxylic acids is 1. The maximum Gasteiger partial charge on any atom is 0.337 e. The van der Waals surface area contributed by atoms with Crippen molar-refractivity contribution in [2.75, 3.05) is 13.2 Å². The summed E-state index contributed by atoms with van der Waals surface area (Å²) < 4.78 is 10.4. The first-order valence-electron chi connectivity index (χ1n) is 8.34. The Kier molecular flexibility index (Phi) is 6.09. The largest absolute Gasteiger partial charge is 0.478 e. The molecule has 2 amide bonds. The second-order valence-electron chi connectivity index (χ2n) is 5.77. The van der Waals surface area contributed by atoms with Gasteiger partial charge < -0.3 is 14.3 Å². The van der Waals surface area contributed by atoms with E-state index in [9.17, 15) is 19.2 Å². The topological polar surface area (TPSA) is 114 Å². The number of carbonyl (C=O) groups excluding carboxylic acids is 3. The highest BCUT2D eigenvalue weighted by atomic mass is 35.5. The van der Waals surface area contributed by atoms with Gasteiger partial charge in [-0.3, -0.25) is 19.3 Å². The molecular formula is C19H14ClNO7S. The monoisotopic (exact) mass is 435 g/mol. The van der Waals surface area contributed by atoms with E-state index in [1.54, 1.807) is 25.1 Å². The molecule has 1 saturated heterocycles. The van der Waals surface area contributed by atoms with Crippen LogP contribution in [-0.4, -0.2) is 46.2 Å². The van der Waals surface area contributed by atoms with E-state index in [-0.39, 0.29) is 22.1 Å². The lowest BCUT2D eigenvalue weighted by molar-refractivity contribution is -0.145. The number of carboxylic acid groups (broad SMARTS) is 1. The molecule has 2 aromatic rings. The minimum atomic E-state index is -1.14. The van der Waals surface area contributed by atoms with Gasteiger partial charge in [0.1, 0.15) is 18.1 Å². The number of ether oxygens (including phenoxy) is 1. The lowest BCUT2D eigenvalue weighted by Gasteiger charge is -2.10. The fourth-order valence-electron chi connectivity index (χ4n) is 2.53.